The molecule has 0 radical (unpaired) electrons. The van der Waals surface area contributed by atoms with Gasteiger partial charge in [-0.15, -0.1) is 0 Å². The average molecular weight is 254 g/mol. The molecule has 1 unspecified atom stereocenters. The molecule has 0 spiro atoms. The highest BCUT2D eigenvalue weighted by Gasteiger charge is 2.25. The van der Waals surface area contributed by atoms with E-state index < -0.39 is 17.8 Å². The van der Waals surface area contributed by atoms with Crippen molar-refractivity contribution in [2.24, 2.45) is 10.7 Å². The summed E-state index contributed by atoms with van der Waals surface area (Å²) in [5.74, 6) is -1.97. The van der Waals surface area contributed by atoms with Crippen LogP contribution >= 0.6 is 0 Å². The van der Waals surface area contributed by atoms with Gasteiger partial charge in [0, 0.05) is 16.4 Å². The first-order valence-corrected chi connectivity index (χ1v) is 5.73. The molecule has 5 heteroatoms. The minimum absolute atomic E-state index is 0.253. The summed E-state index contributed by atoms with van der Waals surface area (Å²) in [6.45, 7) is 0. The Morgan fingerprint density at radius 1 is 1.32 bits per heavy atom. The number of carbonyl (C=O) groups excluding carboxylic acids is 1. The van der Waals surface area contributed by atoms with Gasteiger partial charge in [0.1, 0.15) is 0 Å². The van der Waals surface area contributed by atoms with Gasteiger partial charge in [-0.2, -0.15) is 0 Å². The van der Waals surface area contributed by atoms with Crippen LogP contribution in [0, 0.1) is 0 Å². The second-order valence-corrected chi connectivity index (χ2v) is 4.32. The number of fused-ring (bicyclic) bond motifs is 2. The van der Waals surface area contributed by atoms with Crippen LogP contribution in [-0.2, 0) is 4.79 Å². The molecule has 1 atom stereocenters. The molecule has 3 rings (SSSR count). The Morgan fingerprint density at radius 3 is 2.84 bits per heavy atom. The van der Waals surface area contributed by atoms with Gasteiger partial charge in [0.05, 0.1) is 11.1 Å². The topological polar surface area (TPSA) is 92.8 Å². The van der Waals surface area contributed by atoms with E-state index >= 15 is 0 Å². The number of nitrogens with two attached hydrogens (primary N) is 1. The van der Waals surface area contributed by atoms with Crippen LogP contribution in [0.4, 0.5) is 0 Å². The first-order chi connectivity index (χ1) is 9.09. The number of hydrogen-bond donors (Lipinski definition) is 2. The lowest BCUT2D eigenvalue weighted by Crippen LogP contribution is -2.42. The van der Waals surface area contributed by atoms with E-state index in [0.29, 0.717) is 5.36 Å². The van der Waals surface area contributed by atoms with Crippen LogP contribution in [0.15, 0.2) is 47.1 Å². The number of carbonyl (C=O) groups is 2. The van der Waals surface area contributed by atoms with E-state index in [4.69, 9.17) is 10.8 Å². The third kappa shape index (κ3) is 1.63. The van der Waals surface area contributed by atoms with Crippen LogP contribution in [0.5, 0.6) is 0 Å². The lowest BCUT2D eigenvalue weighted by molar-refractivity contribution is -0.137. The lowest BCUT2D eigenvalue weighted by Gasteiger charge is -2.05. The van der Waals surface area contributed by atoms with Crippen molar-refractivity contribution >= 4 is 17.3 Å². The van der Waals surface area contributed by atoms with Crippen molar-refractivity contribution in [2.75, 3.05) is 0 Å². The van der Waals surface area contributed by atoms with Crippen molar-refractivity contribution in [3.05, 3.63) is 58.3 Å². The van der Waals surface area contributed by atoms with Gasteiger partial charge >= 0.3 is 5.97 Å². The molecule has 1 aromatic carbocycles. The van der Waals surface area contributed by atoms with E-state index in [1.807, 2.05) is 24.3 Å². The molecule has 1 heterocycles. The number of rotatable bonds is 3. The fourth-order valence-corrected chi connectivity index (χ4v) is 2.22. The first-order valence-electron chi connectivity index (χ1n) is 5.73. The Bertz CT molecular complexity index is 787. The fraction of sp³-hybridized carbons (Fsp3) is 0.0714. The van der Waals surface area contributed by atoms with E-state index in [1.165, 1.54) is 0 Å². The second-order valence-electron chi connectivity index (χ2n) is 4.32. The molecule has 5 nitrogen and oxygen atoms in total. The van der Waals surface area contributed by atoms with E-state index in [1.54, 1.807) is 12.1 Å². The third-order valence-corrected chi connectivity index (χ3v) is 3.17. The van der Waals surface area contributed by atoms with Gasteiger partial charge in [0.2, 0.25) is 0 Å². The maximum Gasteiger partial charge on any atom is 0.328 e. The average Bonchev–Trinajstić information content (AvgIpc) is 2.96. The molecule has 0 bridgehead atoms. The minimum atomic E-state index is -1.56. The fourth-order valence-electron chi connectivity index (χ4n) is 2.22. The number of hydrogen-bond acceptors (Lipinski definition) is 4. The largest absolute Gasteiger partial charge is 0.480 e. The van der Waals surface area contributed by atoms with E-state index in [2.05, 4.69) is 4.99 Å². The normalized spacial score (nSPS) is 16.5. The summed E-state index contributed by atoms with van der Waals surface area (Å²) < 4.78 is 0. The van der Waals surface area contributed by atoms with Crippen LogP contribution in [0.25, 0.3) is 5.57 Å². The number of carboxylic acids is 1. The molecule has 0 saturated heterocycles. The predicted octanol–water partition coefficient (Wildman–Crippen LogP) is -0.481. The molecule has 0 aromatic heterocycles. The Kier molecular flexibility index (Phi) is 2.43. The predicted molar refractivity (Wildman–Crippen MR) is 67.8 cm³/mol. The smallest absolute Gasteiger partial charge is 0.328 e. The molecule has 0 fully saturated rings. The van der Waals surface area contributed by atoms with Crippen molar-refractivity contribution < 1.29 is 14.7 Å². The molecule has 0 amide bonds. The number of Topliss-reactive ketones (excluding diaryl/α,β-unsaturated/α-hetero) is 1. The van der Waals surface area contributed by atoms with Crippen molar-refractivity contribution in [1.82, 2.24) is 0 Å². The molecule has 3 N–H and O–H groups in total. The van der Waals surface area contributed by atoms with Gasteiger partial charge in [-0.1, -0.05) is 24.3 Å². The van der Waals surface area contributed by atoms with Crippen molar-refractivity contribution in [3.8, 4) is 0 Å². The second kappa shape index (κ2) is 4.00. The molecular weight excluding hydrogens is 244 g/mol. The highest BCUT2D eigenvalue weighted by Crippen LogP contribution is 2.21. The standard InChI is InChI=1S/C14H10N2O3/c15-11(14(18)19)13(17)9-5-1-4-8-7-3-2-6-10(7)16-12(8)9/h1-6,11H,15H2,(H,18,19). The summed E-state index contributed by atoms with van der Waals surface area (Å²) in [5.41, 5.74) is 7.37. The van der Waals surface area contributed by atoms with Gasteiger partial charge in [-0.3, -0.25) is 9.59 Å². The number of benzene rings is 1. The summed E-state index contributed by atoms with van der Waals surface area (Å²) in [4.78, 5) is 27.2. The van der Waals surface area contributed by atoms with Gasteiger partial charge in [0.25, 0.3) is 0 Å². The van der Waals surface area contributed by atoms with Gasteiger partial charge < -0.3 is 10.8 Å². The van der Waals surface area contributed by atoms with Gasteiger partial charge in [-0.05, 0) is 12.1 Å². The number of aliphatic carboxylic acids is 1. The number of allylic oxidation sites excluding steroid dienone is 3. The Balaban J connectivity index is 2.22. The first kappa shape index (κ1) is 11.6. The lowest BCUT2D eigenvalue weighted by atomic mass is 10.0. The zero-order chi connectivity index (χ0) is 13.6. The molecule has 1 aromatic rings. The van der Waals surface area contributed by atoms with E-state index in [9.17, 15) is 9.59 Å². The zero-order valence-electron chi connectivity index (χ0n) is 9.83. The summed E-state index contributed by atoms with van der Waals surface area (Å²) >= 11 is 0. The molecule has 94 valence electrons. The third-order valence-electron chi connectivity index (χ3n) is 3.17. The number of para-hydroxylation sites is 1. The molecule has 1 aliphatic heterocycles. The number of carboxylic acid groups (broad SMARTS) is 1. The molecule has 2 aliphatic rings. The molecular formula is C14H10N2O3. The van der Waals surface area contributed by atoms with Crippen LogP contribution in [0.1, 0.15) is 10.4 Å². The summed E-state index contributed by atoms with van der Waals surface area (Å²) in [6.07, 6.45) is 5.64. The summed E-state index contributed by atoms with van der Waals surface area (Å²) in [6, 6.07) is 3.56. The van der Waals surface area contributed by atoms with E-state index in [-0.39, 0.29) is 5.56 Å². The van der Waals surface area contributed by atoms with E-state index in [0.717, 1.165) is 16.5 Å². The van der Waals surface area contributed by atoms with Crippen molar-refractivity contribution in [1.29, 1.82) is 0 Å². The monoisotopic (exact) mass is 254 g/mol. The molecule has 1 aliphatic carbocycles. The Labute approximate surface area is 108 Å². The summed E-state index contributed by atoms with van der Waals surface area (Å²) in [5, 5.41) is 10.2. The van der Waals surface area contributed by atoms with Crippen LogP contribution in [0.2, 0.25) is 0 Å². The maximum absolute atomic E-state index is 12.1. The Hall–Kier alpha value is -2.53. The maximum atomic E-state index is 12.1. The number of nitrogens with zero attached hydrogens (tertiary/aromatic N) is 1. The molecule has 19 heavy (non-hydrogen) atoms. The Morgan fingerprint density at radius 2 is 2.11 bits per heavy atom. The highest BCUT2D eigenvalue weighted by atomic mass is 16.4. The number of ketones is 1. The van der Waals surface area contributed by atoms with Crippen LogP contribution in [-0.4, -0.2) is 22.9 Å². The molecule has 0 saturated carbocycles. The highest BCUT2D eigenvalue weighted by molar-refractivity contribution is 6.11. The van der Waals surface area contributed by atoms with Gasteiger partial charge in [-0.25, -0.2) is 4.99 Å². The van der Waals surface area contributed by atoms with Crippen molar-refractivity contribution in [2.45, 2.75) is 6.04 Å². The van der Waals surface area contributed by atoms with Crippen molar-refractivity contribution in [3.63, 3.8) is 0 Å². The van der Waals surface area contributed by atoms with Crippen LogP contribution < -0.4 is 16.3 Å². The van der Waals surface area contributed by atoms with Crippen LogP contribution in [0.3, 0.4) is 0 Å². The van der Waals surface area contributed by atoms with Gasteiger partial charge in [0.15, 0.2) is 11.8 Å². The zero-order valence-corrected chi connectivity index (χ0v) is 9.83. The summed E-state index contributed by atoms with van der Waals surface area (Å²) in [7, 11) is 0. The quantitative estimate of drug-likeness (QED) is 0.562. The minimum Gasteiger partial charge on any atom is -0.480 e. The SMILES string of the molecule is NC(C(=O)O)C(=O)c1cccc2c1=NC1=CC=CC=21.